The zero-order chi connectivity index (χ0) is 15.9. The zero-order valence-electron chi connectivity index (χ0n) is 14.3. The minimum atomic E-state index is 0.737. The molecule has 0 bridgehead atoms. The lowest BCUT2D eigenvalue weighted by molar-refractivity contribution is 0.164. The average molecular weight is 324 g/mol. The summed E-state index contributed by atoms with van der Waals surface area (Å²) in [5.74, 6) is 1.73. The van der Waals surface area contributed by atoms with Gasteiger partial charge in [0.25, 0.3) is 0 Å². The second kappa shape index (κ2) is 8.48. The van der Waals surface area contributed by atoms with Gasteiger partial charge in [-0.1, -0.05) is 20.8 Å². The van der Waals surface area contributed by atoms with Crippen LogP contribution in [-0.2, 0) is 13.0 Å². The van der Waals surface area contributed by atoms with Crippen molar-refractivity contribution in [1.82, 2.24) is 20.1 Å². The molecule has 0 aromatic carbocycles. The molecule has 1 aromatic rings. The molecular weight excluding hydrogens is 294 g/mol. The van der Waals surface area contributed by atoms with Crippen molar-refractivity contribution in [3.63, 3.8) is 0 Å². The predicted octanol–water partition coefficient (Wildman–Crippen LogP) is 2.05. The zero-order valence-corrected chi connectivity index (χ0v) is 15.1. The summed E-state index contributed by atoms with van der Waals surface area (Å²) in [4.78, 5) is 13.9. The summed E-state index contributed by atoms with van der Waals surface area (Å²) in [5.41, 5.74) is 1.11. The predicted molar refractivity (Wildman–Crippen MR) is 94.5 cm³/mol. The third-order valence-electron chi connectivity index (χ3n) is 3.84. The second-order valence-corrected chi connectivity index (χ2v) is 7.11. The maximum Gasteiger partial charge on any atom is 0.194 e. The second-order valence-electron chi connectivity index (χ2n) is 6.17. The van der Waals surface area contributed by atoms with Crippen molar-refractivity contribution in [2.75, 3.05) is 39.8 Å². The summed E-state index contributed by atoms with van der Waals surface area (Å²) in [6.45, 7) is 13.0. The van der Waals surface area contributed by atoms with Gasteiger partial charge in [-0.25, -0.2) is 4.98 Å². The maximum absolute atomic E-state index is 4.60. The van der Waals surface area contributed by atoms with Gasteiger partial charge in [0.05, 0.1) is 17.2 Å². The Kier molecular flexibility index (Phi) is 6.64. The van der Waals surface area contributed by atoms with Crippen LogP contribution in [0.4, 0.5) is 0 Å². The Morgan fingerprint density at radius 1 is 1.36 bits per heavy atom. The summed E-state index contributed by atoms with van der Waals surface area (Å²) in [5, 5.41) is 6.79. The fraction of sp³-hybridized carbons (Fsp3) is 0.750. The number of piperazine rings is 1. The van der Waals surface area contributed by atoms with E-state index in [-0.39, 0.29) is 0 Å². The van der Waals surface area contributed by atoms with Gasteiger partial charge in [-0.2, -0.15) is 0 Å². The lowest BCUT2D eigenvalue weighted by Crippen LogP contribution is -2.52. The number of thiazole rings is 1. The highest BCUT2D eigenvalue weighted by Gasteiger charge is 2.19. The van der Waals surface area contributed by atoms with E-state index in [4.69, 9.17) is 0 Å². The van der Waals surface area contributed by atoms with E-state index in [1.165, 1.54) is 11.6 Å². The van der Waals surface area contributed by atoms with Crippen LogP contribution in [0.2, 0.25) is 0 Å². The smallest absolute Gasteiger partial charge is 0.194 e. The van der Waals surface area contributed by atoms with Crippen molar-refractivity contribution in [1.29, 1.82) is 0 Å². The van der Waals surface area contributed by atoms with Gasteiger partial charge in [-0.05, 0) is 12.3 Å². The molecule has 1 aliphatic heterocycles. The molecular formula is C16H29N5S. The number of nitrogens with zero attached hydrogens (tertiary/aromatic N) is 4. The summed E-state index contributed by atoms with van der Waals surface area (Å²) >= 11 is 1.74. The van der Waals surface area contributed by atoms with Gasteiger partial charge in [0.15, 0.2) is 5.96 Å². The molecule has 2 rings (SSSR count). The minimum Gasteiger partial charge on any atom is -0.351 e. The van der Waals surface area contributed by atoms with Crippen LogP contribution in [0, 0.1) is 5.92 Å². The van der Waals surface area contributed by atoms with Crippen molar-refractivity contribution in [2.45, 2.75) is 33.7 Å². The van der Waals surface area contributed by atoms with Gasteiger partial charge in [-0.3, -0.25) is 9.89 Å². The Morgan fingerprint density at radius 2 is 2.09 bits per heavy atom. The number of guanidine groups is 1. The number of hydrogen-bond donors (Lipinski definition) is 1. The fourth-order valence-electron chi connectivity index (χ4n) is 2.75. The van der Waals surface area contributed by atoms with Crippen LogP contribution in [0.3, 0.4) is 0 Å². The molecule has 22 heavy (non-hydrogen) atoms. The molecule has 124 valence electrons. The van der Waals surface area contributed by atoms with E-state index in [0.717, 1.165) is 56.7 Å². The van der Waals surface area contributed by atoms with Crippen LogP contribution in [0.1, 0.15) is 31.5 Å². The molecule has 0 amide bonds. The first-order valence-electron chi connectivity index (χ1n) is 8.23. The lowest BCUT2D eigenvalue weighted by atomic mass is 10.2. The first kappa shape index (κ1) is 17.2. The first-order chi connectivity index (χ1) is 10.6. The van der Waals surface area contributed by atoms with E-state index in [2.05, 4.69) is 51.2 Å². The highest BCUT2D eigenvalue weighted by atomic mass is 32.1. The molecule has 0 aliphatic carbocycles. The first-order valence-corrected chi connectivity index (χ1v) is 9.11. The largest absolute Gasteiger partial charge is 0.351 e. The van der Waals surface area contributed by atoms with Gasteiger partial charge in [-0.15, -0.1) is 11.3 Å². The number of aromatic nitrogens is 1. The number of hydrogen-bond acceptors (Lipinski definition) is 4. The molecule has 0 radical (unpaired) electrons. The molecule has 1 aromatic heterocycles. The summed E-state index contributed by atoms with van der Waals surface area (Å²) in [7, 11) is 1.86. The molecule has 0 atom stereocenters. The van der Waals surface area contributed by atoms with Gasteiger partial charge in [0.1, 0.15) is 0 Å². The van der Waals surface area contributed by atoms with Crippen molar-refractivity contribution < 1.29 is 0 Å². The third kappa shape index (κ3) is 4.95. The molecule has 2 heterocycles. The van der Waals surface area contributed by atoms with Crippen molar-refractivity contribution in [3.8, 4) is 0 Å². The van der Waals surface area contributed by atoms with Crippen molar-refractivity contribution in [3.05, 3.63) is 16.1 Å². The standard InChI is InChI=1S/C16H29N5S/c1-5-15-19-14(12-22-15)10-18-16(17-4)21-8-6-20(7-9-21)11-13(2)3/h12-13H,5-11H2,1-4H3,(H,17,18). The van der Waals surface area contributed by atoms with Crippen LogP contribution in [0.5, 0.6) is 0 Å². The number of aryl methyl sites for hydroxylation is 1. The molecule has 1 saturated heterocycles. The van der Waals surface area contributed by atoms with E-state index >= 15 is 0 Å². The van der Waals surface area contributed by atoms with Crippen LogP contribution in [0.25, 0.3) is 0 Å². The average Bonchev–Trinajstić information content (AvgIpc) is 2.97. The van der Waals surface area contributed by atoms with Crippen LogP contribution >= 0.6 is 11.3 Å². The highest BCUT2D eigenvalue weighted by Crippen LogP contribution is 2.10. The van der Waals surface area contributed by atoms with Crippen LogP contribution in [0.15, 0.2) is 10.4 Å². The van der Waals surface area contributed by atoms with Crippen molar-refractivity contribution >= 4 is 17.3 Å². The molecule has 0 saturated carbocycles. The SMILES string of the molecule is CCc1nc(CNC(=NC)N2CCN(CC(C)C)CC2)cs1. The summed E-state index contributed by atoms with van der Waals surface area (Å²) < 4.78 is 0. The van der Waals surface area contributed by atoms with Gasteiger partial charge < -0.3 is 10.2 Å². The topological polar surface area (TPSA) is 43.8 Å². The molecule has 0 unspecified atom stereocenters. The number of aliphatic imine (C=N–C) groups is 1. The lowest BCUT2D eigenvalue weighted by Gasteiger charge is -2.37. The third-order valence-corrected chi connectivity index (χ3v) is 4.88. The Morgan fingerprint density at radius 3 is 2.64 bits per heavy atom. The number of rotatable bonds is 5. The molecule has 5 nitrogen and oxygen atoms in total. The highest BCUT2D eigenvalue weighted by molar-refractivity contribution is 7.09. The van der Waals surface area contributed by atoms with Crippen LogP contribution in [-0.4, -0.2) is 60.5 Å². The quantitative estimate of drug-likeness (QED) is 0.665. The molecule has 1 N–H and O–H groups in total. The molecule has 1 fully saturated rings. The Labute approximate surface area is 138 Å². The molecule has 1 aliphatic rings. The van der Waals surface area contributed by atoms with E-state index in [9.17, 15) is 0 Å². The Hall–Kier alpha value is -1.14. The normalized spacial score (nSPS) is 17.3. The summed E-state index contributed by atoms with van der Waals surface area (Å²) in [6, 6.07) is 0. The molecule has 6 heteroatoms. The van der Waals surface area contributed by atoms with Crippen LogP contribution < -0.4 is 5.32 Å². The van der Waals surface area contributed by atoms with E-state index < -0.39 is 0 Å². The van der Waals surface area contributed by atoms with Gasteiger partial charge in [0, 0.05) is 45.2 Å². The number of nitrogens with one attached hydrogen (secondary N) is 1. The van der Waals surface area contributed by atoms with Gasteiger partial charge in [0.2, 0.25) is 0 Å². The maximum atomic E-state index is 4.60. The molecule has 0 spiro atoms. The van der Waals surface area contributed by atoms with E-state index in [1.807, 2.05) is 7.05 Å². The van der Waals surface area contributed by atoms with E-state index in [0.29, 0.717) is 0 Å². The van der Waals surface area contributed by atoms with Crippen molar-refractivity contribution in [2.24, 2.45) is 10.9 Å². The minimum absolute atomic E-state index is 0.737. The van der Waals surface area contributed by atoms with Gasteiger partial charge >= 0.3 is 0 Å². The van der Waals surface area contributed by atoms with E-state index in [1.54, 1.807) is 11.3 Å². The monoisotopic (exact) mass is 323 g/mol. The summed E-state index contributed by atoms with van der Waals surface area (Å²) in [6.07, 6.45) is 1.01. The Bertz CT molecular complexity index is 475. The Balaban J connectivity index is 1.80. The fourth-order valence-corrected chi connectivity index (χ4v) is 3.50.